The normalized spacial score (nSPS) is 20.7. The fourth-order valence-corrected chi connectivity index (χ4v) is 5.35. The van der Waals surface area contributed by atoms with Crippen molar-refractivity contribution in [3.8, 4) is 0 Å². The number of benzene rings is 3. The molecule has 32 heavy (non-hydrogen) atoms. The molecule has 4 heteroatoms. The number of nitrogens with zero attached hydrogens (tertiary/aromatic N) is 4. The van der Waals surface area contributed by atoms with Crippen LogP contribution >= 0.6 is 0 Å². The Labute approximate surface area is 190 Å². The van der Waals surface area contributed by atoms with Crippen LogP contribution in [-0.4, -0.2) is 15.8 Å². The van der Waals surface area contributed by atoms with Gasteiger partial charge < -0.3 is 9.80 Å². The highest BCUT2D eigenvalue weighted by atomic mass is 15.5. The summed E-state index contributed by atoms with van der Waals surface area (Å²) in [5.41, 5.74) is 6.53. The van der Waals surface area contributed by atoms with E-state index in [1.54, 1.807) is 0 Å². The second-order valence-electron chi connectivity index (χ2n) is 8.74. The van der Waals surface area contributed by atoms with Crippen molar-refractivity contribution in [2.24, 2.45) is 7.05 Å². The molecule has 3 atom stereocenters. The van der Waals surface area contributed by atoms with Crippen molar-refractivity contribution in [3.63, 3.8) is 0 Å². The summed E-state index contributed by atoms with van der Waals surface area (Å²) in [6.45, 7) is 6.80. The molecule has 5 rings (SSSR count). The molecule has 0 N–H and O–H groups in total. The van der Waals surface area contributed by atoms with E-state index in [-0.39, 0.29) is 18.2 Å². The molecule has 162 valence electrons. The lowest BCUT2D eigenvalue weighted by Crippen LogP contribution is -2.35. The molecular formula is C28H30N4. The van der Waals surface area contributed by atoms with E-state index >= 15 is 0 Å². The molecule has 0 bridgehead atoms. The van der Waals surface area contributed by atoms with Gasteiger partial charge in [0.2, 0.25) is 0 Å². The number of aryl methyl sites for hydroxylation is 3. The van der Waals surface area contributed by atoms with Crippen molar-refractivity contribution >= 4 is 11.5 Å². The number of hydrogen-bond acceptors (Lipinski definition) is 3. The smallest absolute Gasteiger partial charge is 0.131 e. The first kappa shape index (κ1) is 20.4. The van der Waals surface area contributed by atoms with Crippen LogP contribution < -0.4 is 9.80 Å². The summed E-state index contributed by atoms with van der Waals surface area (Å²) >= 11 is 0. The predicted octanol–water partition coefficient (Wildman–Crippen LogP) is 6.19. The highest BCUT2D eigenvalue weighted by Gasteiger charge is 2.48. The minimum Gasteiger partial charge on any atom is -0.338 e. The largest absolute Gasteiger partial charge is 0.338 e. The van der Waals surface area contributed by atoms with Gasteiger partial charge in [0.1, 0.15) is 12.0 Å². The van der Waals surface area contributed by atoms with Gasteiger partial charge in [0.15, 0.2) is 0 Å². The molecule has 0 spiro atoms. The molecule has 1 aliphatic heterocycles. The van der Waals surface area contributed by atoms with Crippen LogP contribution in [0.25, 0.3) is 0 Å². The third kappa shape index (κ3) is 3.27. The lowest BCUT2D eigenvalue weighted by atomic mass is 9.98. The van der Waals surface area contributed by atoms with Crippen LogP contribution in [0.1, 0.15) is 41.4 Å². The van der Waals surface area contributed by atoms with Crippen molar-refractivity contribution < 1.29 is 0 Å². The topological polar surface area (TPSA) is 24.3 Å². The van der Waals surface area contributed by atoms with Crippen LogP contribution in [0.3, 0.4) is 0 Å². The van der Waals surface area contributed by atoms with Crippen LogP contribution in [0.4, 0.5) is 11.5 Å². The molecule has 4 aromatic rings. The first-order chi connectivity index (χ1) is 15.6. The van der Waals surface area contributed by atoms with Crippen molar-refractivity contribution in [1.82, 2.24) is 9.78 Å². The molecule has 1 aromatic heterocycles. The standard InChI is InChI=1S/C28H30N4/c1-20-12-11-13-21(2)26(20)28-31(25-18-19-29-30(25)4)22(3)27(23-14-7-5-8-15-23)32(28)24-16-9-6-10-17-24/h5-19,22,27-28H,1-4H3/t22-,27?,28?/m0/s1. The summed E-state index contributed by atoms with van der Waals surface area (Å²) in [5, 5.41) is 4.52. The maximum atomic E-state index is 4.52. The van der Waals surface area contributed by atoms with Gasteiger partial charge in [-0.25, -0.2) is 0 Å². The fourth-order valence-electron chi connectivity index (χ4n) is 5.35. The number of aromatic nitrogens is 2. The Balaban J connectivity index is 1.80. The van der Waals surface area contributed by atoms with Gasteiger partial charge in [-0.1, -0.05) is 66.7 Å². The number of para-hydroxylation sites is 1. The molecule has 1 aliphatic rings. The van der Waals surface area contributed by atoms with Gasteiger partial charge in [0.25, 0.3) is 0 Å². The van der Waals surface area contributed by atoms with Crippen molar-refractivity contribution in [1.29, 1.82) is 0 Å². The molecule has 2 unspecified atom stereocenters. The van der Waals surface area contributed by atoms with Gasteiger partial charge in [0.05, 0.1) is 18.3 Å². The van der Waals surface area contributed by atoms with Gasteiger partial charge in [0, 0.05) is 24.4 Å². The van der Waals surface area contributed by atoms with Crippen molar-refractivity contribution in [3.05, 3.63) is 113 Å². The minimum absolute atomic E-state index is 0.0502. The quantitative estimate of drug-likeness (QED) is 0.392. The first-order valence-corrected chi connectivity index (χ1v) is 11.3. The lowest BCUT2D eigenvalue weighted by molar-refractivity contribution is 0.613. The monoisotopic (exact) mass is 422 g/mol. The van der Waals surface area contributed by atoms with E-state index in [2.05, 4.69) is 121 Å². The Morgan fingerprint density at radius 1 is 0.719 bits per heavy atom. The molecule has 1 fully saturated rings. The first-order valence-electron chi connectivity index (χ1n) is 11.3. The molecule has 0 saturated carbocycles. The third-order valence-electron chi connectivity index (χ3n) is 6.78. The van der Waals surface area contributed by atoms with Crippen molar-refractivity contribution in [2.75, 3.05) is 9.80 Å². The maximum Gasteiger partial charge on any atom is 0.131 e. The molecule has 1 saturated heterocycles. The second kappa shape index (κ2) is 8.19. The minimum atomic E-state index is 0.0502. The maximum absolute atomic E-state index is 4.52. The predicted molar refractivity (Wildman–Crippen MR) is 132 cm³/mol. The average molecular weight is 423 g/mol. The SMILES string of the molecule is Cc1cccc(C)c1C1N(c2ccccc2)C(c2ccccc2)[C@H](C)N1c1ccnn1C. The summed E-state index contributed by atoms with van der Waals surface area (Å²) in [4.78, 5) is 5.15. The van der Waals surface area contributed by atoms with E-state index in [9.17, 15) is 0 Å². The van der Waals surface area contributed by atoms with E-state index < -0.39 is 0 Å². The van der Waals surface area contributed by atoms with Gasteiger partial charge in [-0.2, -0.15) is 5.10 Å². The van der Waals surface area contributed by atoms with E-state index in [0.717, 1.165) is 5.82 Å². The average Bonchev–Trinajstić information content (AvgIpc) is 3.35. The Bertz CT molecular complexity index is 1180. The zero-order valence-electron chi connectivity index (χ0n) is 19.2. The van der Waals surface area contributed by atoms with E-state index in [1.807, 2.05) is 17.9 Å². The van der Waals surface area contributed by atoms with E-state index in [4.69, 9.17) is 0 Å². The summed E-state index contributed by atoms with van der Waals surface area (Å²) in [7, 11) is 2.03. The Morgan fingerprint density at radius 3 is 1.94 bits per heavy atom. The van der Waals surface area contributed by atoms with Gasteiger partial charge >= 0.3 is 0 Å². The Kier molecular flexibility index (Phi) is 5.22. The van der Waals surface area contributed by atoms with Gasteiger partial charge in [-0.3, -0.25) is 4.68 Å². The zero-order chi connectivity index (χ0) is 22.2. The second-order valence-corrected chi connectivity index (χ2v) is 8.74. The van der Waals surface area contributed by atoms with Gasteiger partial charge in [-0.05, 0) is 49.6 Å². The third-order valence-corrected chi connectivity index (χ3v) is 6.78. The molecule has 0 aliphatic carbocycles. The molecule has 3 aromatic carbocycles. The highest BCUT2D eigenvalue weighted by Crippen LogP contribution is 2.50. The summed E-state index contributed by atoms with van der Waals surface area (Å²) in [5.74, 6) is 1.13. The highest BCUT2D eigenvalue weighted by molar-refractivity contribution is 5.62. The van der Waals surface area contributed by atoms with Crippen LogP contribution in [0.5, 0.6) is 0 Å². The van der Waals surface area contributed by atoms with Crippen LogP contribution in [-0.2, 0) is 7.05 Å². The lowest BCUT2D eigenvalue weighted by Gasteiger charge is -2.36. The Hall–Kier alpha value is -3.53. The molecule has 0 amide bonds. The van der Waals surface area contributed by atoms with Crippen LogP contribution in [0, 0.1) is 13.8 Å². The molecule has 0 radical (unpaired) electrons. The van der Waals surface area contributed by atoms with Gasteiger partial charge in [-0.15, -0.1) is 0 Å². The van der Waals surface area contributed by atoms with Crippen molar-refractivity contribution in [2.45, 2.75) is 39.0 Å². The number of anilines is 2. The fraction of sp³-hybridized carbons (Fsp3) is 0.250. The summed E-state index contributed by atoms with van der Waals surface area (Å²) in [6.07, 6.45) is 1.95. The summed E-state index contributed by atoms with van der Waals surface area (Å²) < 4.78 is 1.99. The molecular weight excluding hydrogens is 392 g/mol. The number of hydrogen-bond donors (Lipinski definition) is 0. The van der Waals surface area contributed by atoms with Crippen LogP contribution in [0.2, 0.25) is 0 Å². The number of rotatable bonds is 4. The summed E-state index contributed by atoms with van der Waals surface area (Å²) in [6, 6.07) is 30.9. The molecule has 4 nitrogen and oxygen atoms in total. The zero-order valence-corrected chi connectivity index (χ0v) is 19.2. The van der Waals surface area contributed by atoms with E-state index in [1.165, 1.54) is 27.9 Å². The van der Waals surface area contributed by atoms with E-state index in [0.29, 0.717) is 0 Å². The molecule has 2 heterocycles. The Morgan fingerprint density at radius 2 is 1.34 bits per heavy atom. The van der Waals surface area contributed by atoms with Crippen LogP contribution in [0.15, 0.2) is 91.1 Å².